The van der Waals surface area contributed by atoms with Gasteiger partial charge >= 0.3 is 17.9 Å². The first-order chi connectivity index (χ1) is 33.0. The average Bonchev–Trinajstić information content (AvgIpc) is 3.33. The van der Waals surface area contributed by atoms with Crippen LogP contribution in [0, 0.1) is 0 Å². The largest absolute Gasteiger partial charge is 0.462 e. The van der Waals surface area contributed by atoms with Crippen molar-refractivity contribution >= 4 is 17.9 Å². The SMILES string of the molecule is CC/C=C\C/C=C\C/C=C\CCCCCCCC(=O)OC[C@H](COC(=O)CCC/C=C\C/C=C\C/C=C\CCCCCCCC)OC(=O)CCC/C=C\C/C=C\C/C=C\CCCCCCCC. The summed E-state index contributed by atoms with van der Waals surface area (Å²) in [6.07, 6.45) is 73.7. The van der Waals surface area contributed by atoms with Crippen LogP contribution in [-0.4, -0.2) is 37.2 Å². The van der Waals surface area contributed by atoms with Crippen molar-refractivity contribution in [1.29, 1.82) is 0 Å². The Labute approximate surface area is 412 Å². The zero-order valence-corrected chi connectivity index (χ0v) is 43.4. The third kappa shape index (κ3) is 52.9. The van der Waals surface area contributed by atoms with Crippen LogP contribution in [0.2, 0.25) is 0 Å². The molecule has 0 fully saturated rings. The average molecular weight is 929 g/mol. The first-order valence-electron chi connectivity index (χ1n) is 27.4. The third-order valence-corrected chi connectivity index (χ3v) is 11.2. The molecule has 0 aromatic carbocycles. The Kier molecular flexibility index (Phi) is 51.5. The minimum Gasteiger partial charge on any atom is -0.462 e. The maximum atomic E-state index is 12.8. The molecule has 0 saturated carbocycles. The topological polar surface area (TPSA) is 78.9 Å². The Morgan fingerprint density at radius 3 is 0.970 bits per heavy atom. The predicted molar refractivity (Wildman–Crippen MR) is 288 cm³/mol. The summed E-state index contributed by atoms with van der Waals surface area (Å²) >= 11 is 0. The summed E-state index contributed by atoms with van der Waals surface area (Å²) in [6.45, 7) is 6.40. The fraction of sp³-hybridized carbons (Fsp3) is 0.656. The molecule has 380 valence electrons. The van der Waals surface area contributed by atoms with Gasteiger partial charge in [-0.05, 0) is 116 Å². The molecule has 67 heavy (non-hydrogen) atoms. The molecule has 0 spiro atoms. The molecule has 0 aliphatic heterocycles. The Balaban J connectivity index is 4.58. The smallest absolute Gasteiger partial charge is 0.306 e. The molecule has 1 atom stereocenters. The lowest BCUT2D eigenvalue weighted by molar-refractivity contribution is -0.167. The van der Waals surface area contributed by atoms with Crippen molar-refractivity contribution in [2.24, 2.45) is 0 Å². The van der Waals surface area contributed by atoms with Crippen LogP contribution >= 0.6 is 0 Å². The van der Waals surface area contributed by atoms with Crippen molar-refractivity contribution in [3.63, 3.8) is 0 Å². The molecule has 0 rings (SSSR count). The first kappa shape index (κ1) is 63.1. The van der Waals surface area contributed by atoms with E-state index in [9.17, 15) is 14.4 Å². The molecular formula is C61H100O6. The number of hydrogen-bond acceptors (Lipinski definition) is 6. The molecule has 0 unspecified atom stereocenters. The number of hydrogen-bond donors (Lipinski definition) is 0. The van der Waals surface area contributed by atoms with Crippen LogP contribution in [0.5, 0.6) is 0 Å². The molecule has 0 bridgehead atoms. The lowest BCUT2D eigenvalue weighted by Gasteiger charge is -2.18. The van der Waals surface area contributed by atoms with Gasteiger partial charge in [0, 0.05) is 19.3 Å². The van der Waals surface area contributed by atoms with E-state index in [0.717, 1.165) is 96.3 Å². The van der Waals surface area contributed by atoms with Gasteiger partial charge < -0.3 is 14.2 Å². The predicted octanol–water partition coefficient (Wildman–Crippen LogP) is 18.3. The van der Waals surface area contributed by atoms with Gasteiger partial charge in [-0.1, -0.05) is 214 Å². The van der Waals surface area contributed by atoms with Crippen LogP contribution in [0.3, 0.4) is 0 Å². The fourth-order valence-corrected chi connectivity index (χ4v) is 7.13. The summed E-state index contributed by atoms with van der Waals surface area (Å²) in [5, 5.41) is 0. The summed E-state index contributed by atoms with van der Waals surface area (Å²) in [5.74, 6) is -1.05. The molecule has 6 heteroatoms. The lowest BCUT2D eigenvalue weighted by Crippen LogP contribution is -2.30. The Morgan fingerprint density at radius 2 is 0.597 bits per heavy atom. The van der Waals surface area contributed by atoms with Gasteiger partial charge in [0.15, 0.2) is 6.10 Å². The van der Waals surface area contributed by atoms with Gasteiger partial charge in [0.2, 0.25) is 0 Å². The molecule has 6 nitrogen and oxygen atoms in total. The summed E-state index contributed by atoms with van der Waals surface area (Å²) < 4.78 is 16.7. The second kappa shape index (κ2) is 54.7. The molecular weight excluding hydrogens is 829 g/mol. The number of ether oxygens (including phenoxy) is 3. The quantitative estimate of drug-likeness (QED) is 0.0262. The zero-order valence-electron chi connectivity index (χ0n) is 43.4. The van der Waals surface area contributed by atoms with Crippen LogP contribution in [0.25, 0.3) is 0 Å². The summed E-state index contributed by atoms with van der Waals surface area (Å²) in [6, 6.07) is 0. The molecule has 0 aromatic rings. The summed E-state index contributed by atoms with van der Waals surface area (Å²) in [5.41, 5.74) is 0. The highest BCUT2D eigenvalue weighted by molar-refractivity contribution is 5.71. The van der Waals surface area contributed by atoms with Crippen LogP contribution in [-0.2, 0) is 28.6 Å². The van der Waals surface area contributed by atoms with E-state index in [2.05, 4.69) is 130 Å². The van der Waals surface area contributed by atoms with Gasteiger partial charge in [0.05, 0.1) is 0 Å². The second-order valence-electron chi connectivity index (χ2n) is 17.7. The minimum atomic E-state index is -0.834. The van der Waals surface area contributed by atoms with Crippen molar-refractivity contribution in [2.45, 2.75) is 245 Å². The van der Waals surface area contributed by atoms with E-state index in [1.54, 1.807) is 0 Å². The Bertz CT molecular complexity index is 1390. The van der Waals surface area contributed by atoms with E-state index >= 15 is 0 Å². The molecule has 0 N–H and O–H groups in total. The standard InChI is InChI=1S/C61H100O6/c1-4-7-10-13-16-19-22-25-28-30-33-36-39-42-45-48-51-54-60(63)66-57-58(56-65-59(62)53-50-47-44-41-38-35-32-27-24-21-18-15-12-9-6-3)67-61(64)55-52-49-46-43-40-37-34-31-29-26-23-20-17-14-11-8-5-2/h9,12,18,21,25-29,32-34,36-37,42-43,45-46,58H,4-8,10-11,13-17,19-20,22-24,30-31,35,38-41,44,47-57H2,1-3H3/b12-9-,21-18-,28-25-,29-26-,32-27-,36-33-,37-34-,45-42-,46-43-/t58-/m1/s1. The van der Waals surface area contributed by atoms with Crippen molar-refractivity contribution < 1.29 is 28.6 Å². The van der Waals surface area contributed by atoms with E-state index in [1.165, 1.54) is 89.9 Å². The molecule has 0 aliphatic carbocycles. The van der Waals surface area contributed by atoms with Gasteiger partial charge in [0.25, 0.3) is 0 Å². The normalized spacial score (nSPS) is 12.9. The number of carbonyl (C=O) groups excluding carboxylic acids is 3. The van der Waals surface area contributed by atoms with Crippen LogP contribution in [0.4, 0.5) is 0 Å². The monoisotopic (exact) mass is 929 g/mol. The maximum Gasteiger partial charge on any atom is 0.306 e. The number of allylic oxidation sites excluding steroid dienone is 18. The molecule has 0 aliphatic rings. The number of esters is 3. The van der Waals surface area contributed by atoms with Gasteiger partial charge in [-0.15, -0.1) is 0 Å². The highest BCUT2D eigenvalue weighted by Gasteiger charge is 2.19. The lowest BCUT2D eigenvalue weighted by atomic mass is 10.1. The number of unbranched alkanes of at least 4 members (excludes halogenated alkanes) is 19. The highest BCUT2D eigenvalue weighted by atomic mass is 16.6. The van der Waals surface area contributed by atoms with E-state index in [-0.39, 0.29) is 44.0 Å². The molecule has 0 radical (unpaired) electrons. The number of carbonyl (C=O) groups is 3. The van der Waals surface area contributed by atoms with E-state index in [1.807, 2.05) is 0 Å². The van der Waals surface area contributed by atoms with Gasteiger partial charge in [0.1, 0.15) is 13.2 Å². The third-order valence-electron chi connectivity index (χ3n) is 11.2. The van der Waals surface area contributed by atoms with Crippen molar-refractivity contribution in [1.82, 2.24) is 0 Å². The summed E-state index contributed by atoms with van der Waals surface area (Å²) in [7, 11) is 0. The first-order valence-corrected chi connectivity index (χ1v) is 27.4. The fourth-order valence-electron chi connectivity index (χ4n) is 7.13. The van der Waals surface area contributed by atoms with Gasteiger partial charge in [-0.25, -0.2) is 0 Å². The van der Waals surface area contributed by atoms with Gasteiger partial charge in [-0.3, -0.25) is 14.4 Å². The Morgan fingerprint density at radius 1 is 0.313 bits per heavy atom. The minimum absolute atomic E-state index is 0.125. The molecule has 0 heterocycles. The van der Waals surface area contributed by atoms with E-state index < -0.39 is 6.10 Å². The van der Waals surface area contributed by atoms with Crippen molar-refractivity contribution in [2.75, 3.05) is 13.2 Å². The van der Waals surface area contributed by atoms with E-state index in [0.29, 0.717) is 19.3 Å². The van der Waals surface area contributed by atoms with Crippen molar-refractivity contribution in [3.05, 3.63) is 109 Å². The Hall–Kier alpha value is -3.93. The van der Waals surface area contributed by atoms with Crippen LogP contribution in [0.1, 0.15) is 239 Å². The number of rotatable bonds is 48. The zero-order chi connectivity index (χ0) is 48.6. The van der Waals surface area contributed by atoms with E-state index in [4.69, 9.17) is 14.2 Å². The summed E-state index contributed by atoms with van der Waals surface area (Å²) in [4.78, 5) is 38.0. The van der Waals surface area contributed by atoms with Crippen LogP contribution in [0.15, 0.2) is 109 Å². The maximum absolute atomic E-state index is 12.8. The van der Waals surface area contributed by atoms with Crippen molar-refractivity contribution in [3.8, 4) is 0 Å². The molecule has 0 saturated heterocycles. The van der Waals surface area contributed by atoms with Gasteiger partial charge in [-0.2, -0.15) is 0 Å². The highest BCUT2D eigenvalue weighted by Crippen LogP contribution is 2.12. The molecule has 0 aromatic heterocycles. The molecule has 0 amide bonds. The second-order valence-corrected chi connectivity index (χ2v) is 17.7. The van der Waals surface area contributed by atoms with Crippen LogP contribution < -0.4 is 0 Å².